The van der Waals surface area contributed by atoms with Crippen LogP contribution >= 0.6 is 23.2 Å². The van der Waals surface area contributed by atoms with E-state index in [1.54, 1.807) is 31.4 Å². The Hall–Kier alpha value is -3.47. The Labute approximate surface area is 209 Å². The lowest BCUT2D eigenvalue weighted by molar-refractivity contribution is 0.131. The van der Waals surface area contributed by atoms with Crippen molar-refractivity contribution in [1.82, 2.24) is 0 Å². The standard InChI is InChI=1S/C28H24Cl2N2O2/c1-33-26-12-11-20-7-8-21(9-10-22(20)15-26)28(32-34-18-19-5-3-2-4-6-19)17-27(31)23-13-24(29)16-25(30)14-23/h2-6,8-17H,7,18,31H2,1H3/b27-17-,32-28-. The van der Waals surface area contributed by atoms with Crippen molar-refractivity contribution in [2.75, 3.05) is 7.11 Å². The number of methoxy groups -OCH3 is 1. The molecule has 0 aliphatic heterocycles. The van der Waals surface area contributed by atoms with Crippen LogP contribution in [0.2, 0.25) is 10.0 Å². The van der Waals surface area contributed by atoms with Crippen molar-refractivity contribution in [1.29, 1.82) is 0 Å². The first-order chi connectivity index (χ1) is 16.5. The smallest absolute Gasteiger partial charge is 0.142 e. The summed E-state index contributed by atoms with van der Waals surface area (Å²) in [7, 11) is 1.66. The van der Waals surface area contributed by atoms with E-state index in [9.17, 15) is 0 Å². The quantitative estimate of drug-likeness (QED) is 0.284. The number of nitrogens with zero attached hydrogens (tertiary/aromatic N) is 1. The van der Waals surface area contributed by atoms with Crippen LogP contribution in [0.5, 0.6) is 5.75 Å². The Morgan fingerprint density at radius 2 is 1.76 bits per heavy atom. The molecule has 0 spiro atoms. The van der Waals surface area contributed by atoms with E-state index in [1.165, 1.54) is 5.56 Å². The fourth-order valence-electron chi connectivity index (χ4n) is 3.56. The second-order valence-electron chi connectivity index (χ2n) is 7.76. The monoisotopic (exact) mass is 490 g/mol. The van der Waals surface area contributed by atoms with Crippen LogP contribution in [0.4, 0.5) is 0 Å². The first-order valence-electron chi connectivity index (χ1n) is 10.7. The van der Waals surface area contributed by atoms with E-state index in [1.807, 2.05) is 54.6 Å². The molecule has 4 nitrogen and oxygen atoms in total. The molecule has 0 saturated carbocycles. The number of nitrogens with two attached hydrogens (primary N) is 1. The van der Waals surface area contributed by atoms with Gasteiger partial charge in [0.1, 0.15) is 18.1 Å². The summed E-state index contributed by atoms with van der Waals surface area (Å²) in [4.78, 5) is 5.71. The zero-order valence-electron chi connectivity index (χ0n) is 18.7. The van der Waals surface area contributed by atoms with Crippen molar-refractivity contribution < 1.29 is 9.57 Å². The number of oxime groups is 1. The topological polar surface area (TPSA) is 56.8 Å². The molecule has 0 saturated heterocycles. The number of benzene rings is 3. The average Bonchev–Trinajstić information content (AvgIpc) is 3.05. The highest BCUT2D eigenvalue weighted by Gasteiger charge is 2.11. The van der Waals surface area contributed by atoms with Crippen molar-refractivity contribution in [2.45, 2.75) is 13.0 Å². The molecule has 1 aliphatic rings. The van der Waals surface area contributed by atoms with Crippen LogP contribution in [0.3, 0.4) is 0 Å². The van der Waals surface area contributed by atoms with Gasteiger partial charge in [-0.2, -0.15) is 0 Å². The lowest BCUT2D eigenvalue weighted by atomic mass is 10.0. The third kappa shape index (κ3) is 6.10. The van der Waals surface area contributed by atoms with Crippen LogP contribution in [0.15, 0.2) is 95.7 Å². The summed E-state index contributed by atoms with van der Waals surface area (Å²) in [6, 6.07) is 21.1. The normalized spacial score (nSPS) is 13.7. The zero-order valence-corrected chi connectivity index (χ0v) is 20.2. The highest BCUT2D eigenvalue weighted by Crippen LogP contribution is 2.26. The molecule has 0 bridgehead atoms. The largest absolute Gasteiger partial charge is 0.497 e. The van der Waals surface area contributed by atoms with E-state index in [-0.39, 0.29) is 0 Å². The SMILES string of the molecule is COc1ccc2c(c1)C=CC(C(/C=C(\N)c1cc(Cl)cc(Cl)c1)=N\OCc1ccccc1)=CC2. The third-order valence-corrected chi connectivity index (χ3v) is 5.79. The van der Waals surface area contributed by atoms with E-state index in [2.05, 4.69) is 17.3 Å². The Morgan fingerprint density at radius 1 is 1.00 bits per heavy atom. The van der Waals surface area contributed by atoms with Crippen molar-refractivity contribution in [3.63, 3.8) is 0 Å². The van der Waals surface area contributed by atoms with Crippen LogP contribution in [-0.4, -0.2) is 12.8 Å². The maximum atomic E-state index is 6.42. The molecule has 0 aromatic heterocycles. The highest BCUT2D eigenvalue weighted by atomic mass is 35.5. The lowest BCUT2D eigenvalue weighted by Crippen LogP contribution is -2.05. The van der Waals surface area contributed by atoms with Gasteiger partial charge in [-0.05, 0) is 65.1 Å². The molecule has 3 aromatic carbocycles. The van der Waals surface area contributed by atoms with Gasteiger partial charge in [-0.3, -0.25) is 0 Å². The molecule has 34 heavy (non-hydrogen) atoms. The van der Waals surface area contributed by atoms with Gasteiger partial charge in [0, 0.05) is 21.3 Å². The molecule has 0 heterocycles. The number of rotatable bonds is 7. The number of halogens is 2. The molecule has 1 aliphatic carbocycles. The average molecular weight is 491 g/mol. The molecule has 0 atom stereocenters. The summed E-state index contributed by atoms with van der Waals surface area (Å²) in [5.41, 5.74) is 12.4. The Kier molecular flexibility index (Phi) is 7.73. The molecule has 0 radical (unpaired) electrons. The summed E-state index contributed by atoms with van der Waals surface area (Å²) < 4.78 is 5.37. The minimum atomic E-state index is 0.343. The predicted octanol–water partition coefficient (Wildman–Crippen LogP) is 7.07. The summed E-state index contributed by atoms with van der Waals surface area (Å²) in [6.45, 7) is 0.343. The zero-order chi connectivity index (χ0) is 23.9. The molecule has 0 amide bonds. The lowest BCUT2D eigenvalue weighted by Gasteiger charge is -2.08. The fourth-order valence-corrected chi connectivity index (χ4v) is 4.09. The van der Waals surface area contributed by atoms with Gasteiger partial charge in [-0.25, -0.2) is 0 Å². The Balaban J connectivity index is 1.67. The summed E-state index contributed by atoms with van der Waals surface area (Å²) in [5, 5.41) is 5.46. The van der Waals surface area contributed by atoms with Crippen molar-refractivity contribution >= 4 is 40.7 Å². The molecule has 3 aromatic rings. The number of hydrogen-bond acceptors (Lipinski definition) is 4. The second-order valence-corrected chi connectivity index (χ2v) is 8.63. The van der Waals surface area contributed by atoms with Gasteiger partial charge >= 0.3 is 0 Å². The molecule has 6 heteroatoms. The molecule has 0 fully saturated rings. The van der Waals surface area contributed by atoms with Gasteiger partial charge in [-0.1, -0.05) is 83.0 Å². The number of allylic oxidation sites excluding steroid dienone is 4. The van der Waals surface area contributed by atoms with Crippen LogP contribution in [0.25, 0.3) is 11.8 Å². The van der Waals surface area contributed by atoms with E-state index in [0.717, 1.165) is 28.9 Å². The fraction of sp³-hybridized carbons (Fsp3) is 0.107. The van der Waals surface area contributed by atoms with Gasteiger partial charge in [0.15, 0.2) is 0 Å². The van der Waals surface area contributed by atoms with Gasteiger partial charge in [0.2, 0.25) is 0 Å². The van der Waals surface area contributed by atoms with E-state index in [0.29, 0.717) is 33.6 Å². The van der Waals surface area contributed by atoms with Crippen LogP contribution in [0.1, 0.15) is 22.3 Å². The molecule has 2 N–H and O–H groups in total. The molecule has 0 unspecified atom stereocenters. The maximum absolute atomic E-state index is 6.42. The highest BCUT2D eigenvalue weighted by molar-refractivity contribution is 6.35. The maximum Gasteiger partial charge on any atom is 0.142 e. The third-order valence-electron chi connectivity index (χ3n) is 5.36. The van der Waals surface area contributed by atoms with Gasteiger partial charge in [-0.15, -0.1) is 0 Å². The van der Waals surface area contributed by atoms with Crippen molar-refractivity contribution in [3.8, 4) is 5.75 Å². The van der Waals surface area contributed by atoms with Crippen LogP contribution in [0, 0.1) is 0 Å². The van der Waals surface area contributed by atoms with E-state index >= 15 is 0 Å². The number of ether oxygens (including phenoxy) is 1. The van der Waals surface area contributed by atoms with Gasteiger partial charge in [0.25, 0.3) is 0 Å². The van der Waals surface area contributed by atoms with E-state index in [4.69, 9.17) is 38.5 Å². The first-order valence-corrected chi connectivity index (χ1v) is 11.5. The summed E-state index contributed by atoms with van der Waals surface area (Å²) in [6.07, 6.45) is 8.67. The Morgan fingerprint density at radius 3 is 2.50 bits per heavy atom. The minimum absolute atomic E-state index is 0.343. The van der Waals surface area contributed by atoms with E-state index < -0.39 is 0 Å². The summed E-state index contributed by atoms with van der Waals surface area (Å²) >= 11 is 12.3. The first kappa shape index (κ1) is 23.7. The van der Waals surface area contributed by atoms with Crippen molar-refractivity contribution in [3.05, 3.63) is 123 Å². The van der Waals surface area contributed by atoms with Gasteiger partial charge in [0.05, 0.1) is 7.11 Å². The molecule has 4 rings (SSSR count). The van der Waals surface area contributed by atoms with Crippen LogP contribution < -0.4 is 10.5 Å². The van der Waals surface area contributed by atoms with Gasteiger partial charge < -0.3 is 15.3 Å². The van der Waals surface area contributed by atoms with Crippen LogP contribution in [-0.2, 0) is 17.9 Å². The minimum Gasteiger partial charge on any atom is -0.497 e. The Bertz CT molecular complexity index is 1270. The van der Waals surface area contributed by atoms with Crippen molar-refractivity contribution in [2.24, 2.45) is 10.9 Å². The number of hydrogen-bond donors (Lipinski definition) is 1. The molecular formula is C28H24Cl2N2O2. The molecular weight excluding hydrogens is 467 g/mol. The summed E-state index contributed by atoms with van der Waals surface area (Å²) in [5.74, 6) is 0.814. The second kappa shape index (κ2) is 11.1. The predicted molar refractivity (Wildman–Crippen MR) is 141 cm³/mol. The number of fused-ring (bicyclic) bond motifs is 1. The molecule has 172 valence electrons.